The van der Waals surface area contributed by atoms with Gasteiger partial charge < -0.3 is 40.2 Å². The number of aliphatic imine (C=N–C) groups is 2. The van der Waals surface area contributed by atoms with E-state index in [9.17, 15) is 28.8 Å². The van der Waals surface area contributed by atoms with Crippen LogP contribution in [-0.2, 0) is 45.2 Å². The Hall–Kier alpha value is -8.54. The van der Waals surface area contributed by atoms with Crippen LogP contribution in [0.15, 0.2) is 101 Å². The van der Waals surface area contributed by atoms with Gasteiger partial charge in [-0.3, -0.25) is 48.6 Å². The highest BCUT2D eigenvalue weighted by molar-refractivity contribution is 6.16. The molecule has 5 aromatic carbocycles. The highest BCUT2D eigenvalue weighted by Crippen LogP contribution is 2.43. The molecule has 6 amide bonds. The normalized spacial score (nSPS) is 15.8. The quantitative estimate of drug-likeness (QED) is 0.0990. The first-order chi connectivity index (χ1) is 33.9. The summed E-state index contributed by atoms with van der Waals surface area (Å²) in [4.78, 5) is 90.7. The molecule has 0 aliphatic carbocycles. The van der Waals surface area contributed by atoms with Crippen LogP contribution in [0.1, 0.15) is 56.8 Å². The molecule has 4 aliphatic heterocycles. The summed E-state index contributed by atoms with van der Waals surface area (Å²) < 4.78 is 24.2. The number of para-hydroxylation sites is 2. The summed E-state index contributed by atoms with van der Waals surface area (Å²) in [5, 5.41) is 10.2. The van der Waals surface area contributed by atoms with E-state index in [1.165, 1.54) is 14.2 Å². The highest BCUT2D eigenvalue weighted by atomic mass is 16.5. The summed E-state index contributed by atoms with van der Waals surface area (Å²) in [6.45, 7) is 2.21. The van der Waals surface area contributed by atoms with Crippen molar-refractivity contribution in [2.45, 2.75) is 52.0 Å². The zero-order chi connectivity index (χ0) is 49.1. The maximum absolute atomic E-state index is 14.0. The predicted octanol–water partition coefficient (Wildman–Crippen LogP) is 5.38. The van der Waals surface area contributed by atoms with Gasteiger partial charge in [0.25, 0.3) is 11.8 Å². The summed E-state index contributed by atoms with van der Waals surface area (Å²) >= 11 is 0. The van der Waals surface area contributed by atoms with Gasteiger partial charge in [-0.25, -0.2) is 0 Å². The Labute approximate surface area is 403 Å². The van der Waals surface area contributed by atoms with E-state index in [1.54, 1.807) is 72.5 Å². The zero-order valence-electron chi connectivity index (χ0n) is 38.9. The standard InChI is InChI=1S/C52H50N8O10/c1-29(2)50(64)57-25-48(62)55-24-47(61)56-26-49(63)58-34-14-30(27-69-45-20-39-37(18-43(45)67-3)51(65)59-35(22-53-39)16-32-9-5-7-11-41(32)59)13-31(15-34)28-70-46-21-40-38(19-44(46)68-4)52(66)60-36(23-54-40)17-33-10-6-8-12-42(33)60/h5-15,18-23,29,35-36H,16-17,24-28H2,1-4H3,(H,55,62)(H,56,61)(H,57,64)(H,58,63). The lowest BCUT2D eigenvalue weighted by Crippen LogP contribution is -2.44. The van der Waals surface area contributed by atoms with Gasteiger partial charge in [0.15, 0.2) is 23.0 Å². The minimum absolute atomic E-state index is 0.0283. The molecule has 2 atom stereocenters. The summed E-state index contributed by atoms with van der Waals surface area (Å²) in [5.74, 6) is -1.48. The van der Waals surface area contributed by atoms with Gasteiger partial charge in [-0.2, -0.15) is 0 Å². The Balaban J connectivity index is 0.929. The third-order valence-electron chi connectivity index (χ3n) is 12.2. The molecule has 4 N–H and O–H groups in total. The zero-order valence-corrected chi connectivity index (χ0v) is 38.9. The number of nitrogens with one attached hydrogen (secondary N) is 4. The molecule has 70 heavy (non-hydrogen) atoms. The molecule has 0 radical (unpaired) electrons. The number of anilines is 3. The number of carbonyl (C=O) groups is 6. The molecular formula is C52H50N8O10. The van der Waals surface area contributed by atoms with Crippen LogP contribution < -0.4 is 50.0 Å². The average molecular weight is 947 g/mol. The Kier molecular flexibility index (Phi) is 13.3. The van der Waals surface area contributed by atoms with Crippen LogP contribution in [-0.4, -0.2) is 93.8 Å². The van der Waals surface area contributed by atoms with Crippen LogP contribution in [0.4, 0.5) is 28.4 Å². The van der Waals surface area contributed by atoms with Gasteiger partial charge in [-0.15, -0.1) is 0 Å². The van der Waals surface area contributed by atoms with E-state index in [2.05, 4.69) is 21.3 Å². The molecule has 18 nitrogen and oxygen atoms in total. The summed E-state index contributed by atoms with van der Waals surface area (Å²) in [6, 6.07) is 26.9. The minimum atomic E-state index is -0.619. The number of rotatable bonds is 16. The monoisotopic (exact) mass is 946 g/mol. The van der Waals surface area contributed by atoms with Gasteiger partial charge in [0, 0.05) is 60.4 Å². The van der Waals surface area contributed by atoms with Gasteiger partial charge in [-0.1, -0.05) is 50.2 Å². The number of nitrogens with zero attached hydrogens (tertiary/aromatic N) is 4. The van der Waals surface area contributed by atoms with Crippen molar-refractivity contribution in [3.8, 4) is 23.0 Å². The molecule has 18 heteroatoms. The van der Waals surface area contributed by atoms with Crippen molar-refractivity contribution in [3.63, 3.8) is 0 Å². The van der Waals surface area contributed by atoms with E-state index in [4.69, 9.17) is 28.9 Å². The first kappa shape index (κ1) is 46.6. The van der Waals surface area contributed by atoms with Crippen LogP contribution in [0.25, 0.3) is 0 Å². The number of ether oxygens (including phenoxy) is 4. The summed E-state index contributed by atoms with van der Waals surface area (Å²) in [5.41, 5.74) is 6.95. The smallest absolute Gasteiger partial charge is 0.261 e. The van der Waals surface area contributed by atoms with Crippen molar-refractivity contribution in [1.82, 2.24) is 16.0 Å². The molecular weight excluding hydrogens is 897 g/mol. The lowest BCUT2D eigenvalue weighted by Gasteiger charge is -2.22. The van der Waals surface area contributed by atoms with Gasteiger partial charge >= 0.3 is 0 Å². The van der Waals surface area contributed by atoms with Crippen molar-refractivity contribution in [1.29, 1.82) is 0 Å². The third kappa shape index (κ3) is 9.74. The summed E-state index contributed by atoms with van der Waals surface area (Å²) in [6.07, 6.45) is 4.84. The van der Waals surface area contributed by atoms with Crippen LogP contribution >= 0.6 is 0 Å². The minimum Gasteiger partial charge on any atom is -0.493 e. The molecule has 0 fully saturated rings. The molecule has 0 saturated heterocycles. The number of hydrogen-bond donors (Lipinski definition) is 4. The number of hydrogen-bond acceptors (Lipinski definition) is 12. The van der Waals surface area contributed by atoms with Crippen molar-refractivity contribution in [2.75, 3.05) is 49.0 Å². The van der Waals surface area contributed by atoms with Crippen molar-refractivity contribution >= 4 is 76.3 Å². The fraction of sp³-hybridized carbons (Fsp3) is 0.269. The third-order valence-corrected chi connectivity index (χ3v) is 12.2. The number of benzene rings is 5. The van der Waals surface area contributed by atoms with Crippen molar-refractivity contribution in [3.05, 3.63) is 124 Å². The van der Waals surface area contributed by atoms with Gasteiger partial charge in [-0.05, 0) is 64.7 Å². The van der Waals surface area contributed by atoms with Gasteiger partial charge in [0.1, 0.15) is 13.2 Å². The summed E-state index contributed by atoms with van der Waals surface area (Å²) in [7, 11) is 2.97. The maximum atomic E-state index is 14.0. The largest absolute Gasteiger partial charge is 0.493 e. The van der Waals surface area contributed by atoms with Crippen LogP contribution in [0.2, 0.25) is 0 Å². The molecule has 0 saturated carbocycles. The Morgan fingerprint density at radius 2 is 1.06 bits per heavy atom. The van der Waals surface area contributed by atoms with Crippen molar-refractivity contribution < 1.29 is 47.7 Å². The number of fused-ring (bicyclic) bond motifs is 8. The molecule has 0 aromatic heterocycles. The second-order valence-electron chi connectivity index (χ2n) is 17.3. The number of carbonyl (C=O) groups excluding carboxylic acids is 6. The Morgan fingerprint density at radius 3 is 1.53 bits per heavy atom. The molecule has 4 heterocycles. The molecule has 5 aromatic rings. The fourth-order valence-electron chi connectivity index (χ4n) is 8.76. The van der Waals surface area contributed by atoms with Crippen LogP contribution in [0, 0.1) is 5.92 Å². The van der Waals surface area contributed by atoms with E-state index in [0.717, 1.165) is 22.5 Å². The van der Waals surface area contributed by atoms with E-state index in [1.807, 2.05) is 54.6 Å². The molecule has 358 valence electrons. The Morgan fingerprint density at radius 1 is 0.600 bits per heavy atom. The van der Waals surface area contributed by atoms with E-state index >= 15 is 0 Å². The van der Waals surface area contributed by atoms with E-state index < -0.39 is 30.8 Å². The van der Waals surface area contributed by atoms with E-state index in [-0.39, 0.29) is 55.5 Å². The van der Waals surface area contributed by atoms with Crippen LogP contribution in [0.5, 0.6) is 23.0 Å². The van der Waals surface area contributed by atoms with Gasteiger partial charge in [0.2, 0.25) is 23.6 Å². The first-order valence-electron chi connectivity index (χ1n) is 22.7. The number of methoxy groups -OCH3 is 2. The second kappa shape index (κ2) is 20.0. The van der Waals surface area contributed by atoms with Gasteiger partial charge in [0.05, 0.1) is 68.4 Å². The SMILES string of the molecule is COc1cc2c(cc1OCc1cc(COc3cc4c(cc3OC)C(=O)N3c5ccccc5CC3C=N4)cc(NC(=O)CNC(=O)CNC(=O)CNC(=O)C(C)C)c1)N=CC1Cc3ccccc3N1C2=O. The molecule has 4 aliphatic rings. The fourth-order valence-corrected chi connectivity index (χ4v) is 8.76. The molecule has 2 unspecified atom stereocenters. The predicted molar refractivity (Wildman–Crippen MR) is 261 cm³/mol. The lowest BCUT2D eigenvalue weighted by atomic mass is 10.1. The van der Waals surface area contributed by atoms with Crippen LogP contribution in [0.3, 0.4) is 0 Å². The second-order valence-corrected chi connectivity index (χ2v) is 17.3. The lowest BCUT2D eigenvalue weighted by molar-refractivity contribution is -0.129. The first-order valence-corrected chi connectivity index (χ1v) is 22.7. The average Bonchev–Trinajstić information content (AvgIpc) is 3.86. The molecule has 0 bridgehead atoms. The van der Waals surface area contributed by atoms with E-state index in [0.29, 0.717) is 75.2 Å². The van der Waals surface area contributed by atoms with Crippen molar-refractivity contribution in [2.24, 2.45) is 15.9 Å². The topological polar surface area (TPSA) is 219 Å². The molecule has 0 spiro atoms. The molecule has 9 rings (SSSR count). The highest BCUT2D eigenvalue weighted by Gasteiger charge is 2.38. The maximum Gasteiger partial charge on any atom is 0.261 e. The number of amides is 6. The Bertz CT molecular complexity index is 2840.